The Balaban J connectivity index is 2.38. The molecule has 2 rings (SSSR count). The molecule has 0 aliphatic heterocycles. The van der Waals surface area contributed by atoms with Crippen LogP contribution in [0.4, 0.5) is 0 Å². The van der Waals surface area contributed by atoms with Crippen LogP contribution in [0.25, 0.3) is 0 Å². The van der Waals surface area contributed by atoms with Crippen molar-refractivity contribution in [3.63, 3.8) is 0 Å². The van der Waals surface area contributed by atoms with Crippen LogP contribution in [0, 0.1) is 0 Å². The Morgan fingerprint density at radius 1 is 1.20 bits per heavy atom. The highest BCUT2D eigenvalue weighted by atomic mass is 79.9. The summed E-state index contributed by atoms with van der Waals surface area (Å²) in [6.07, 6.45) is 1.11. The lowest BCUT2D eigenvalue weighted by Gasteiger charge is -2.21. The van der Waals surface area contributed by atoms with Crippen molar-refractivity contribution in [2.45, 2.75) is 26.3 Å². The molecule has 0 saturated heterocycles. The zero-order valence-electron chi connectivity index (χ0n) is 11.9. The Morgan fingerprint density at radius 2 is 2.00 bits per heavy atom. The highest BCUT2D eigenvalue weighted by molar-refractivity contribution is 9.10. The Morgan fingerprint density at radius 3 is 2.65 bits per heavy atom. The van der Waals surface area contributed by atoms with Crippen molar-refractivity contribution in [3.05, 3.63) is 50.6 Å². The molecule has 1 heterocycles. The first-order valence-corrected chi connectivity index (χ1v) is 8.68. The van der Waals surface area contributed by atoms with E-state index < -0.39 is 0 Å². The van der Waals surface area contributed by atoms with Crippen molar-refractivity contribution in [1.82, 2.24) is 5.32 Å². The van der Waals surface area contributed by atoms with E-state index in [2.05, 4.69) is 51.1 Å². The highest BCUT2D eigenvalue weighted by Crippen LogP contribution is 2.35. The predicted molar refractivity (Wildman–Crippen MR) is 89.8 cm³/mol. The van der Waals surface area contributed by atoms with Crippen molar-refractivity contribution in [3.8, 4) is 5.75 Å². The molecule has 2 nitrogen and oxygen atoms in total. The number of hydrogen-bond acceptors (Lipinski definition) is 3. The molecule has 2 aromatic rings. The lowest BCUT2D eigenvalue weighted by atomic mass is 10.00. The third kappa shape index (κ3) is 3.62. The minimum Gasteiger partial charge on any atom is -0.494 e. The van der Waals surface area contributed by atoms with E-state index in [4.69, 9.17) is 4.74 Å². The van der Waals surface area contributed by atoms with Gasteiger partial charge >= 0.3 is 0 Å². The smallest absolute Gasteiger partial charge is 0.124 e. The predicted octanol–water partition coefficient (Wildman–Crippen LogP) is 5.00. The molecular formula is C16H20BrNOS. The van der Waals surface area contributed by atoms with Crippen molar-refractivity contribution >= 4 is 27.3 Å². The summed E-state index contributed by atoms with van der Waals surface area (Å²) >= 11 is 5.36. The zero-order valence-corrected chi connectivity index (χ0v) is 14.3. The summed E-state index contributed by atoms with van der Waals surface area (Å²) in [5.74, 6) is 0.960. The van der Waals surface area contributed by atoms with Gasteiger partial charge in [-0.25, -0.2) is 0 Å². The van der Waals surface area contributed by atoms with Crippen LogP contribution in [0.1, 0.15) is 37.4 Å². The van der Waals surface area contributed by atoms with Crippen molar-refractivity contribution in [2.75, 3.05) is 13.2 Å². The van der Waals surface area contributed by atoms with E-state index in [9.17, 15) is 0 Å². The molecule has 1 atom stereocenters. The third-order valence-corrected chi connectivity index (χ3v) is 4.83. The second kappa shape index (κ2) is 7.81. The molecule has 0 aliphatic rings. The van der Waals surface area contributed by atoms with E-state index in [-0.39, 0.29) is 6.04 Å². The third-order valence-electron chi connectivity index (χ3n) is 3.08. The van der Waals surface area contributed by atoms with Crippen LogP contribution >= 0.6 is 27.3 Å². The number of rotatable bonds is 7. The molecule has 0 radical (unpaired) electrons. The van der Waals surface area contributed by atoms with Crippen LogP contribution in [0.5, 0.6) is 5.75 Å². The van der Waals surface area contributed by atoms with Gasteiger partial charge in [0.05, 0.1) is 12.6 Å². The maximum atomic E-state index is 5.78. The second-order valence-corrected chi connectivity index (χ2v) is 6.13. The van der Waals surface area contributed by atoms with Crippen molar-refractivity contribution in [2.24, 2.45) is 0 Å². The van der Waals surface area contributed by atoms with Gasteiger partial charge < -0.3 is 10.1 Å². The first-order chi connectivity index (χ1) is 9.77. The standard InChI is InChI=1S/C16H20BrNOS/c1-3-9-18-16(13-10-20-11-14(13)17)12-7-5-6-8-15(12)19-4-2/h5-8,10-11,16,18H,3-4,9H2,1-2H3. The molecule has 0 fully saturated rings. The van der Waals surface area contributed by atoms with Gasteiger partial charge in [0.15, 0.2) is 0 Å². The summed E-state index contributed by atoms with van der Waals surface area (Å²) in [7, 11) is 0. The molecule has 108 valence electrons. The number of nitrogens with one attached hydrogen (secondary N) is 1. The Bertz CT molecular complexity index is 541. The summed E-state index contributed by atoms with van der Waals surface area (Å²) in [5, 5.41) is 7.94. The van der Waals surface area contributed by atoms with E-state index in [1.807, 2.05) is 19.1 Å². The number of hydrogen-bond donors (Lipinski definition) is 1. The molecule has 0 bridgehead atoms. The molecule has 1 aromatic carbocycles. The first kappa shape index (κ1) is 15.5. The van der Waals surface area contributed by atoms with Crippen LogP contribution in [0.2, 0.25) is 0 Å². The number of ether oxygens (including phenoxy) is 1. The van der Waals surface area contributed by atoms with Gasteiger partial charge in [0.25, 0.3) is 0 Å². The molecule has 1 N–H and O–H groups in total. The normalized spacial score (nSPS) is 12.3. The topological polar surface area (TPSA) is 21.3 Å². The van der Waals surface area contributed by atoms with Crippen LogP contribution in [0.3, 0.4) is 0 Å². The van der Waals surface area contributed by atoms with Crippen LogP contribution < -0.4 is 10.1 Å². The van der Waals surface area contributed by atoms with Crippen molar-refractivity contribution in [1.29, 1.82) is 0 Å². The summed E-state index contributed by atoms with van der Waals surface area (Å²) in [6.45, 7) is 5.86. The summed E-state index contributed by atoms with van der Waals surface area (Å²) in [4.78, 5) is 0. The Kier molecular flexibility index (Phi) is 6.07. The molecule has 0 spiro atoms. The van der Waals surface area contributed by atoms with E-state index in [0.29, 0.717) is 6.61 Å². The monoisotopic (exact) mass is 353 g/mol. The Hall–Kier alpha value is -0.840. The van der Waals surface area contributed by atoms with Gasteiger partial charge in [-0.15, -0.1) is 0 Å². The molecule has 0 saturated carbocycles. The minimum absolute atomic E-state index is 0.165. The van der Waals surface area contributed by atoms with E-state index in [0.717, 1.165) is 23.2 Å². The fraction of sp³-hybridized carbons (Fsp3) is 0.375. The van der Waals surface area contributed by atoms with E-state index in [1.54, 1.807) is 11.3 Å². The zero-order chi connectivity index (χ0) is 14.4. The average molecular weight is 354 g/mol. The number of benzene rings is 1. The largest absolute Gasteiger partial charge is 0.494 e. The maximum Gasteiger partial charge on any atom is 0.124 e. The molecule has 0 amide bonds. The quantitative estimate of drug-likeness (QED) is 0.756. The first-order valence-electron chi connectivity index (χ1n) is 6.94. The lowest BCUT2D eigenvalue weighted by molar-refractivity contribution is 0.333. The van der Waals surface area contributed by atoms with Crippen LogP contribution in [0.15, 0.2) is 39.5 Å². The summed E-state index contributed by atoms with van der Waals surface area (Å²) < 4.78 is 6.94. The summed E-state index contributed by atoms with van der Waals surface area (Å²) in [5.41, 5.74) is 2.47. The molecule has 0 aliphatic carbocycles. The molecular weight excluding hydrogens is 334 g/mol. The number of para-hydroxylation sites is 1. The lowest BCUT2D eigenvalue weighted by Crippen LogP contribution is -2.23. The highest BCUT2D eigenvalue weighted by Gasteiger charge is 2.20. The van der Waals surface area contributed by atoms with Gasteiger partial charge in [0, 0.05) is 15.4 Å². The molecule has 20 heavy (non-hydrogen) atoms. The van der Waals surface area contributed by atoms with Crippen LogP contribution in [-0.4, -0.2) is 13.2 Å². The van der Waals surface area contributed by atoms with Gasteiger partial charge in [-0.2, -0.15) is 11.3 Å². The van der Waals surface area contributed by atoms with E-state index in [1.165, 1.54) is 11.1 Å². The van der Waals surface area contributed by atoms with Gasteiger partial charge in [-0.1, -0.05) is 25.1 Å². The number of thiophene rings is 1. The van der Waals surface area contributed by atoms with Gasteiger partial charge in [-0.3, -0.25) is 0 Å². The Labute approximate surface area is 133 Å². The molecule has 1 unspecified atom stereocenters. The van der Waals surface area contributed by atoms with Gasteiger partial charge in [0.2, 0.25) is 0 Å². The van der Waals surface area contributed by atoms with Crippen molar-refractivity contribution < 1.29 is 4.74 Å². The maximum absolute atomic E-state index is 5.78. The average Bonchev–Trinajstić information content (AvgIpc) is 2.88. The fourth-order valence-corrected chi connectivity index (χ4v) is 3.73. The molecule has 4 heteroatoms. The minimum atomic E-state index is 0.165. The van der Waals surface area contributed by atoms with Gasteiger partial charge in [-0.05, 0) is 52.8 Å². The SMILES string of the molecule is CCCNC(c1cscc1Br)c1ccccc1OCC. The second-order valence-electron chi connectivity index (χ2n) is 4.53. The fourth-order valence-electron chi connectivity index (χ4n) is 2.18. The molecule has 1 aromatic heterocycles. The van der Waals surface area contributed by atoms with Crippen LogP contribution in [-0.2, 0) is 0 Å². The summed E-state index contributed by atoms with van der Waals surface area (Å²) in [6, 6.07) is 8.44. The number of halogens is 1. The van der Waals surface area contributed by atoms with E-state index >= 15 is 0 Å². The van der Waals surface area contributed by atoms with Gasteiger partial charge in [0.1, 0.15) is 5.75 Å².